The number of nitrogens with one attached hydrogen (secondary N) is 1. The van der Waals surface area contributed by atoms with E-state index >= 15 is 0 Å². The monoisotopic (exact) mass is 386 g/mol. The minimum absolute atomic E-state index is 0.288. The minimum Gasteiger partial charge on any atom is -0.487 e. The summed E-state index contributed by atoms with van der Waals surface area (Å²) in [7, 11) is 3.39. The van der Waals surface area contributed by atoms with E-state index in [4.69, 9.17) is 19.7 Å². The van der Waals surface area contributed by atoms with Gasteiger partial charge < -0.3 is 14.8 Å². The molecule has 0 radical (unpaired) electrons. The second kappa shape index (κ2) is 7.86. The molecule has 0 saturated carbocycles. The molecule has 1 aromatic carbocycles. The molecule has 0 amide bonds. The molecule has 3 aromatic heterocycles. The Labute approximate surface area is 167 Å². The molecule has 4 aromatic rings. The number of aromatic nitrogens is 4. The number of ether oxygens (including phenoxy) is 2. The summed E-state index contributed by atoms with van der Waals surface area (Å²) in [6.07, 6.45) is 5.01. The summed E-state index contributed by atoms with van der Waals surface area (Å²) in [5, 5.41) is 12.3. The smallest absolute Gasteiger partial charge is 0.231 e. The number of anilines is 1. The molecule has 144 valence electrons. The highest BCUT2D eigenvalue weighted by Gasteiger charge is 2.14. The van der Waals surface area contributed by atoms with Crippen molar-refractivity contribution in [1.29, 1.82) is 5.26 Å². The van der Waals surface area contributed by atoms with Crippen LogP contribution in [0.5, 0.6) is 11.6 Å². The van der Waals surface area contributed by atoms with Crippen molar-refractivity contribution in [3.63, 3.8) is 0 Å². The molecule has 8 heteroatoms. The number of hydrogen-bond donors (Lipinski definition) is 1. The molecule has 8 nitrogen and oxygen atoms in total. The van der Waals surface area contributed by atoms with Crippen molar-refractivity contribution >= 4 is 11.5 Å². The Morgan fingerprint density at radius 3 is 2.79 bits per heavy atom. The number of imidazole rings is 1. The largest absolute Gasteiger partial charge is 0.487 e. The van der Waals surface area contributed by atoms with Gasteiger partial charge in [-0.25, -0.2) is 9.97 Å². The molecule has 0 saturated heterocycles. The highest BCUT2D eigenvalue weighted by atomic mass is 16.5. The van der Waals surface area contributed by atoms with Gasteiger partial charge in [-0.2, -0.15) is 5.26 Å². The first-order valence-corrected chi connectivity index (χ1v) is 8.90. The van der Waals surface area contributed by atoms with Crippen LogP contribution in [0, 0.1) is 11.3 Å². The van der Waals surface area contributed by atoms with Gasteiger partial charge in [0.15, 0.2) is 0 Å². The summed E-state index contributed by atoms with van der Waals surface area (Å²) in [6.45, 7) is 0.288. The lowest BCUT2D eigenvalue weighted by molar-refractivity contribution is 0.299. The van der Waals surface area contributed by atoms with Gasteiger partial charge in [-0.15, -0.1) is 0 Å². The first-order chi connectivity index (χ1) is 14.2. The van der Waals surface area contributed by atoms with Crippen LogP contribution in [0.25, 0.3) is 16.9 Å². The SMILES string of the molecule is CNc1c(-c2cccc(OCc3cnc(OC)cn3)c2)nc2cc(C#N)ccn12. The van der Waals surface area contributed by atoms with Crippen molar-refractivity contribution in [2.75, 3.05) is 19.5 Å². The summed E-state index contributed by atoms with van der Waals surface area (Å²) in [5.41, 5.74) is 3.63. The second-order valence-corrected chi connectivity index (χ2v) is 6.18. The van der Waals surface area contributed by atoms with E-state index in [-0.39, 0.29) is 6.61 Å². The summed E-state index contributed by atoms with van der Waals surface area (Å²) in [6, 6.07) is 13.3. The molecule has 0 atom stereocenters. The third-order valence-electron chi connectivity index (χ3n) is 4.38. The van der Waals surface area contributed by atoms with Crippen molar-refractivity contribution in [2.45, 2.75) is 6.61 Å². The van der Waals surface area contributed by atoms with Crippen molar-refractivity contribution < 1.29 is 9.47 Å². The maximum atomic E-state index is 9.13. The van der Waals surface area contributed by atoms with Crippen molar-refractivity contribution in [3.05, 3.63) is 66.2 Å². The van der Waals surface area contributed by atoms with Gasteiger partial charge in [0.2, 0.25) is 5.88 Å². The summed E-state index contributed by atoms with van der Waals surface area (Å²) in [4.78, 5) is 13.1. The molecule has 0 fully saturated rings. The molecule has 0 aliphatic carbocycles. The molecule has 0 bridgehead atoms. The first-order valence-electron chi connectivity index (χ1n) is 8.90. The number of pyridine rings is 1. The third-order valence-corrected chi connectivity index (χ3v) is 4.38. The van der Waals surface area contributed by atoms with E-state index in [1.807, 2.05) is 41.9 Å². The van der Waals surface area contributed by atoms with Crippen LogP contribution in [-0.4, -0.2) is 33.5 Å². The van der Waals surface area contributed by atoms with Gasteiger partial charge in [-0.1, -0.05) is 12.1 Å². The number of hydrogen-bond acceptors (Lipinski definition) is 7. The number of nitrogens with zero attached hydrogens (tertiary/aromatic N) is 5. The van der Waals surface area contributed by atoms with Crippen LogP contribution in [0.15, 0.2) is 55.0 Å². The molecule has 3 heterocycles. The molecule has 0 aliphatic heterocycles. The Bertz CT molecular complexity index is 1190. The van der Waals surface area contributed by atoms with Crippen molar-refractivity contribution in [1.82, 2.24) is 19.4 Å². The molecule has 0 unspecified atom stereocenters. The fraction of sp³-hybridized carbons (Fsp3) is 0.143. The van der Waals surface area contributed by atoms with E-state index in [9.17, 15) is 0 Å². The number of rotatable bonds is 6. The zero-order chi connectivity index (χ0) is 20.2. The molecule has 29 heavy (non-hydrogen) atoms. The Balaban J connectivity index is 1.62. The third kappa shape index (κ3) is 3.66. The Hall–Kier alpha value is -4.12. The first kappa shape index (κ1) is 18.3. The zero-order valence-corrected chi connectivity index (χ0v) is 16.0. The van der Waals surface area contributed by atoms with Crippen LogP contribution in [0.4, 0.5) is 5.82 Å². The fourth-order valence-electron chi connectivity index (χ4n) is 2.97. The predicted octanol–water partition coefficient (Wildman–Crippen LogP) is 3.29. The van der Waals surface area contributed by atoms with Crippen LogP contribution < -0.4 is 14.8 Å². The highest BCUT2D eigenvalue weighted by molar-refractivity contribution is 5.77. The topological polar surface area (TPSA) is 97.4 Å². The van der Waals surface area contributed by atoms with Gasteiger partial charge in [0.1, 0.15) is 29.5 Å². The maximum absolute atomic E-state index is 9.13. The van der Waals surface area contributed by atoms with Gasteiger partial charge in [0.25, 0.3) is 0 Å². The lowest BCUT2D eigenvalue weighted by atomic mass is 10.1. The second-order valence-electron chi connectivity index (χ2n) is 6.18. The molecule has 0 spiro atoms. The standard InChI is InChI=1S/C21H18N6O2/c1-23-21-20(26-18-8-14(10-22)6-7-27(18)21)15-4-3-5-17(9-15)29-13-16-11-25-19(28-2)12-24-16/h3-9,11-12,23H,13H2,1-2H3. The number of nitriles is 1. The quantitative estimate of drug-likeness (QED) is 0.543. The normalized spacial score (nSPS) is 10.5. The van der Waals surface area contributed by atoms with E-state index in [0.29, 0.717) is 28.5 Å². The lowest BCUT2D eigenvalue weighted by Crippen LogP contribution is -2.00. The number of fused-ring (bicyclic) bond motifs is 1. The van der Waals surface area contributed by atoms with Gasteiger partial charge in [-0.05, 0) is 24.3 Å². The average molecular weight is 386 g/mol. The molecule has 0 aliphatic rings. The summed E-state index contributed by atoms with van der Waals surface area (Å²) >= 11 is 0. The summed E-state index contributed by atoms with van der Waals surface area (Å²) in [5.74, 6) is 1.99. The Morgan fingerprint density at radius 2 is 2.07 bits per heavy atom. The van der Waals surface area contributed by atoms with Gasteiger partial charge >= 0.3 is 0 Å². The van der Waals surface area contributed by atoms with Gasteiger partial charge in [0.05, 0.1) is 36.8 Å². The number of benzene rings is 1. The van der Waals surface area contributed by atoms with Crippen LogP contribution in [-0.2, 0) is 6.61 Å². The lowest BCUT2D eigenvalue weighted by Gasteiger charge is -2.08. The Morgan fingerprint density at radius 1 is 1.17 bits per heavy atom. The fourth-order valence-corrected chi connectivity index (χ4v) is 2.97. The molecular formula is C21H18N6O2. The van der Waals surface area contributed by atoms with E-state index in [1.54, 1.807) is 31.6 Å². The molecule has 1 N–H and O–H groups in total. The molecule has 4 rings (SSSR count). The zero-order valence-electron chi connectivity index (χ0n) is 16.0. The van der Waals surface area contributed by atoms with Crippen LogP contribution in [0.2, 0.25) is 0 Å². The predicted molar refractivity (Wildman–Crippen MR) is 108 cm³/mol. The van der Waals surface area contributed by atoms with E-state index in [1.165, 1.54) is 0 Å². The van der Waals surface area contributed by atoms with Gasteiger partial charge in [0, 0.05) is 18.8 Å². The van der Waals surface area contributed by atoms with Crippen LogP contribution in [0.1, 0.15) is 11.3 Å². The highest BCUT2D eigenvalue weighted by Crippen LogP contribution is 2.31. The van der Waals surface area contributed by atoms with Crippen LogP contribution in [0.3, 0.4) is 0 Å². The Kier molecular flexibility index (Phi) is 4.95. The minimum atomic E-state index is 0.288. The van der Waals surface area contributed by atoms with Gasteiger partial charge in [-0.3, -0.25) is 9.38 Å². The van der Waals surface area contributed by atoms with Crippen molar-refractivity contribution in [2.24, 2.45) is 0 Å². The van der Waals surface area contributed by atoms with Crippen LogP contribution >= 0.6 is 0 Å². The van der Waals surface area contributed by atoms with E-state index in [0.717, 1.165) is 17.1 Å². The summed E-state index contributed by atoms with van der Waals surface area (Å²) < 4.78 is 12.8. The molecular weight excluding hydrogens is 368 g/mol. The van der Waals surface area contributed by atoms with E-state index in [2.05, 4.69) is 21.4 Å². The van der Waals surface area contributed by atoms with E-state index < -0.39 is 0 Å². The maximum Gasteiger partial charge on any atom is 0.231 e. The average Bonchev–Trinajstić information content (AvgIpc) is 3.16. The van der Waals surface area contributed by atoms with Crippen molar-refractivity contribution in [3.8, 4) is 29.0 Å². The number of methoxy groups -OCH3 is 1.